The van der Waals surface area contributed by atoms with Crippen LogP contribution in [0.4, 0.5) is 14.6 Å². The Kier molecular flexibility index (Phi) is 4.67. The predicted octanol–water partition coefficient (Wildman–Crippen LogP) is 4.16. The van der Waals surface area contributed by atoms with Crippen LogP contribution < -0.4 is 4.90 Å². The first-order chi connectivity index (χ1) is 11.9. The van der Waals surface area contributed by atoms with Crippen molar-refractivity contribution in [2.24, 2.45) is 0 Å². The number of anilines is 1. The molecule has 0 saturated carbocycles. The molecule has 25 heavy (non-hydrogen) atoms. The van der Waals surface area contributed by atoms with E-state index in [9.17, 15) is 18.7 Å². The van der Waals surface area contributed by atoms with Gasteiger partial charge in [-0.3, -0.25) is 4.79 Å². The normalized spacial score (nSPS) is 13.6. The fourth-order valence-corrected chi connectivity index (χ4v) is 3.68. The highest BCUT2D eigenvalue weighted by atomic mass is 32.1. The Hall–Kier alpha value is -2.54. The number of allylic oxidation sites excluding steroid dienone is 3. The maximum atomic E-state index is 13.9. The number of thiazole rings is 1. The highest BCUT2D eigenvalue weighted by Gasteiger charge is 2.27. The lowest BCUT2D eigenvalue weighted by Crippen LogP contribution is -2.32. The lowest BCUT2D eigenvalue weighted by Gasteiger charge is -2.29. The van der Waals surface area contributed by atoms with E-state index in [-0.39, 0.29) is 18.5 Å². The van der Waals surface area contributed by atoms with Gasteiger partial charge in [0, 0.05) is 5.70 Å². The number of aryl methyl sites for hydroxylation is 2. The number of hydrogen-bond donors (Lipinski definition) is 1. The maximum absolute atomic E-state index is 13.9. The highest BCUT2D eigenvalue weighted by Crippen LogP contribution is 2.39. The summed E-state index contributed by atoms with van der Waals surface area (Å²) < 4.78 is 27.2. The van der Waals surface area contributed by atoms with Gasteiger partial charge in [-0.1, -0.05) is 18.7 Å². The van der Waals surface area contributed by atoms with Crippen molar-refractivity contribution in [2.45, 2.75) is 19.8 Å². The molecule has 1 aromatic heterocycles. The van der Waals surface area contributed by atoms with Crippen molar-refractivity contribution in [2.75, 3.05) is 11.4 Å². The van der Waals surface area contributed by atoms with E-state index >= 15 is 0 Å². The van der Waals surface area contributed by atoms with Gasteiger partial charge < -0.3 is 10.0 Å². The van der Waals surface area contributed by atoms with Gasteiger partial charge in [-0.15, -0.1) is 11.3 Å². The summed E-state index contributed by atoms with van der Waals surface area (Å²) in [6.07, 6.45) is 2.39. The molecule has 0 aliphatic carbocycles. The first-order valence-corrected chi connectivity index (χ1v) is 8.48. The molecule has 0 spiro atoms. The monoisotopic (exact) mass is 362 g/mol. The largest absolute Gasteiger partial charge is 0.480 e. The third-order valence-electron chi connectivity index (χ3n) is 3.93. The molecule has 0 radical (unpaired) electrons. The van der Waals surface area contributed by atoms with Crippen molar-refractivity contribution in [1.29, 1.82) is 0 Å². The Bertz CT molecular complexity index is 889. The van der Waals surface area contributed by atoms with Crippen LogP contribution in [0.5, 0.6) is 0 Å². The molecule has 1 aliphatic heterocycles. The second-order valence-electron chi connectivity index (χ2n) is 5.74. The molecule has 1 aliphatic rings. The Morgan fingerprint density at radius 2 is 2.12 bits per heavy atom. The summed E-state index contributed by atoms with van der Waals surface area (Å²) in [5.41, 5.74) is 1.67. The molecule has 130 valence electrons. The van der Waals surface area contributed by atoms with Crippen LogP contribution in [0.25, 0.3) is 5.57 Å². The first-order valence-electron chi connectivity index (χ1n) is 7.66. The Balaban J connectivity index is 1.89. The summed E-state index contributed by atoms with van der Waals surface area (Å²) in [6.45, 7) is 5.60. The van der Waals surface area contributed by atoms with E-state index < -0.39 is 17.6 Å². The summed E-state index contributed by atoms with van der Waals surface area (Å²) in [7, 11) is 0. The molecule has 3 rings (SSSR count). The topological polar surface area (TPSA) is 53.4 Å². The lowest BCUT2D eigenvalue weighted by molar-refractivity contribution is -0.135. The standard InChI is InChI=1S/C18H16F2N2O2S/c1-10-8-13(7-6-12-4-3-5-14(19)16(12)20)22(9-15(23)24)18-17(10)25-11(2)21-18/h3-5,8H,1,6-7,9H2,2H3,(H,23,24). The van der Waals surface area contributed by atoms with E-state index in [4.69, 9.17) is 0 Å². The van der Waals surface area contributed by atoms with Gasteiger partial charge in [0.2, 0.25) is 0 Å². The van der Waals surface area contributed by atoms with Crippen molar-refractivity contribution in [3.63, 3.8) is 0 Å². The number of carboxylic acids is 1. The van der Waals surface area contributed by atoms with Crippen LogP contribution in [0, 0.1) is 18.6 Å². The molecule has 7 heteroatoms. The number of carboxylic acid groups (broad SMARTS) is 1. The zero-order valence-corrected chi connectivity index (χ0v) is 14.4. The second-order valence-corrected chi connectivity index (χ2v) is 6.94. The molecule has 0 fully saturated rings. The molecule has 0 bridgehead atoms. The molecule has 1 aromatic carbocycles. The third kappa shape index (κ3) is 3.46. The quantitative estimate of drug-likeness (QED) is 0.868. The van der Waals surface area contributed by atoms with Crippen molar-refractivity contribution in [3.05, 3.63) is 63.6 Å². The fourth-order valence-electron chi connectivity index (χ4n) is 2.81. The van der Waals surface area contributed by atoms with Crippen LogP contribution in [0.3, 0.4) is 0 Å². The number of hydrogen-bond acceptors (Lipinski definition) is 4. The summed E-state index contributed by atoms with van der Waals surface area (Å²) in [4.78, 5) is 18.1. The van der Waals surface area contributed by atoms with Gasteiger partial charge in [0.15, 0.2) is 17.5 Å². The summed E-state index contributed by atoms with van der Waals surface area (Å²) in [5, 5.41) is 10.0. The van der Waals surface area contributed by atoms with Gasteiger partial charge in [0.1, 0.15) is 6.54 Å². The fraction of sp³-hybridized carbons (Fsp3) is 0.222. The van der Waals surface area contributed by atoms with Crippen LogP contribution in [0.2, 0.25) is 0 Å². The number of rotatable bonds is 5. The Labute approximate surface area is 147 Å². The van der Waals surface area contributed by atoms with Gasteiger partial charge >= 0.3 is 5.97 Å². The smallest absolute Gasteiger partial charge is 0.323 e. The number of halogens is 2. The SMILES string of the molecule is C=C1C=C(CCc2cccc(F)c2F)N(CC(=O)O)c2nc(C)sc21. The Morgan fingerprint density at radius 3 is 2.84 bits per heavy atom. The number of aliphatic carboxylic acids is 1. The number of nitrogens with zero attached hydrogens (tertiary/aromatic N) is 2. The molecule has 1 N–H and O–H groups in total. The molecule has 0 atom stereocenters. The highest BCUT2D eigenvalue weighted by molar-refractivity contribution is 7.13. The molecule has 2 heterocycles. The van der Waals surface area contributed by atoms with E-state index in [0.29, 0.717) is 17.9 Å². The molecular formula is C18H16F2N2O2S. The minimum absolute atomic E-state index is 0.247. The van der Waals surface area contributed by atoms with Crippen molar-refractivity contribution in [1.82, 2.24) is 4.98 Å². The van der Waals surface area contributed by atoms with E-state index in [1.165, 1.54) is 23.5 Å². The zero-order chi connectivity index (χ0) is 18.1. The third-order valence-corrected chi connectivity index (χ3v) is 4.96. The Morgan fingerprint density at radius 1 is 1.36 bits per heavy atom. The molecule has 4 nitrogen and oxygen atoms in total. The average Bonchev–Trinajstić information content (AvgIpc) is 2.94. The number of aromatic nitrogens is 1. The zero-order valence-electron chi connectivity index (χ0n) is 13.6. The van der Waals surface area contributed by atoms with Gasteiger partial charge in [-0.2, -0.15) is 0 Å². The minimum atomic E-state index is -0.994. The van der Waals surface area contributed by atoms with Crippen LogP contribution in [-0.4, -0.2) is 22.6 Å². The van der Waals surface area contributed by atoms with Crippen LogP contribution in [0.15, 0.2) is 36.6 Å². The molecule has 0 unspecified atom stereocenters. The number of benzene rings is 1. The number of carbonyl (C=O) groups is 1. The van der Waals surface area contributed by atoms with Crippen molar-refractivity contribution >= 4 is 28.7 Å². The van der Waals surface area contributed by atoms with Crippen molar-refractivity contribution < 1.29 is 18.7 Å². The van der Waals surface area contributed by atoms with Crippen molar-refractivity contribution in [3.8, 4) is 0 Å². The molecule has 2 aromatic rings. The summed E-state index contributed by atoms with van der Waals surface area (Å²) in [6, 6.07) is 4.05. The predicted molar refractivity (Wildman–Crippen MR) is 93.6 cm³/mol. The lowest BCUT2D eigenvalue weighted by atomic mass is 10.0. The number of fused-ring (bicyclic) bond motifs is 1. The van der Waals surface area contributed by atoms with Gasteiger partial charge in [0.25, 0.3) is 0 Å². The van der Waals surface area contributed by atoms with E-state index in [1.807, 2.05) is 6.92 Å². The van der Waals surface area contributed by atoms with Crippen LogP contribution >= 0.6 is 11.3 Å². The van der Waals surface area contributed by atoms with E-state index in [0.717, 1.165) is 21.5 Å². The minimum Gasteiger partial charge on any atom is -0.480 e. The molecular weight excluding hydrogens is 346 g/mol. The van der Waals surface area contributed by atoms with Gasteiger partial charge in [0.05, 0.1) is 9.88 Å². The molecule has 0 saturated heterocycles. The van der Waals surface area contributed by atoms with Gasteiger partial charge in [-0.05, 0) is 43.0 Å². The first kappa shape index (κ1) is 17.3. The summed E-state index contributed by atoms with van der Waals surface area (Å²) >= 11 is 1.45. The van der Waals surface area contributed by atoms with Gasteiger partial charge in [-0.25, -0.2) is 13.8 Å². The maximum Gasteiger partial charge on any atom is 0.323 e. The van der Waals surface area contributed by atoms with E-state index in [2.05, 4.69) is 11.6 Å². The van der Waals surface area contributed by atoms with E-state index in [1.54, 1.807) is 11.0 Å². The van der Waals surface area contributed by atoms with Crippen LogP contribution in [0.1, 0.15) is 21.9 Å². The van der Waals surface area contributed by atoms with Crippen LogP contribution in [-0.2, 0) is 11.2 Å². The second kappa shape index (κ2) is 6.76. The molecule has 0 amide bonds. The summed E-state index contributed by atoms with van der Waals surface area (Å²) in [5.74, 6) is -2.19. The average molecular weight is 362 g/mol.